The summed E-state index contributed by atoms with van der Waals surface area (Å²) in [6, 6.07) is 15.3. The summed E-state index contributed by atoms with van der Waals surface area (Å²) >= 11 is 0. The molecule has 1 aliphatic heterocycles. The average molecular weight is 446 g/mol. The fourth-order valence-electron chi connectivity index (χ4n) is 5.80. The van der Waals surface area contributed by atoms with Gasteiger partial charge in [-0.15, -0.1) is 0 Å². The van der Waals surface area contributed by atoms with E-state index in [4.69, 9.17) is 4.74 Å². The molecule has 0 radical (unpaired) electrons. The van der Waals surface area contributed by atoms with Gasteiger partial charge in [0.15, 0.2) is 0 Å². The Hall–Kier alpha value is -2.84. The van der Waals surface area contributed by atoms with E-state index in [9.17, 15) is 10.1 Å². The normalized spacial score (nSPS) is 20.2. The molecular formula is C28H35N3O2. The molecule has 1 aliphatic carbocycles. The largest absolute Gasteiger partial charge is 0.456 e. The average Bonchev–Trinajstić information content (AvgIpc) is 3.26. The molecule has 1 saturated carbocycles. The summed E-state index contributed by atoms with van der Waals surface area (Å²) < 4.78 is 6.22. The molecule has 33 heavy (non-hydrogen) atoms. The second-order valence-corrected chi connectivity index (χ2v) is 10.9. The minimum absolute atomic E-state index is 0.0272. The van der Waals surface area contributed by atoms with Crippen LogP contribution in [0.15, 0.2) is 42.5 Å². The van der Waals surface area contributed by atoms with Crippen molar-refractivity contribution in [3.05, 3.63) is 59.2 Å². The molecule has 4 rings (SSSR count). The Bertz CT molecular complexity index is 1050. The lowest BCUT2D eigenvalue weighted by atomic mass is 9.79. The highest BCUT2D eigenvalue weighted by atomic mass is 16.5. The number of hydrogen-bond donors (Lipinski definition) is 2. The first kappa shape index (κ1) is 23.3. The maximum absolute atomic E-state index is 13.3. The van der Waals surface area contributed by atoms with Crippen molar-refractivity contribution in [3.63, 3.8) is 0 Å². The van der Waals surface area contributed by atoms with Crippen molar-refractivity contribution < 1.29 is 9.53 Å². The van der Waals surface area contributed by atoms with Gasteiger partial charge in [0.05, 0.1) is 5.56 Å². The van der Waals surface area contributed by atoms with Gasteiger partial charge in [-0.05, 0) is 95.2 Å². The standard InChI is InChI=1S/C28H35N3O2/c1-27(2)16-22(17-28(3,4)31-27)30-26(32)20-13-14-25(23(15-20)19-9-5-6-10-19)33-24-12-8-7-11-21(24)18-29/h7-8,11-15,19,22,31H,5-6,9-10,16-17H2,1-4H3,(H,30,32). The maximum atomic E-state index is 13.3. The van der Waals surface area contributed by atoms with Crippen molar-refractivity contribution in [2.24, 2.45) is 0 Å². The summed E-state index contributed by atoms with van der Waals surface area (Å²) in [7, 11) is 0. The first-order valence-corrected chi connectivity index (χ1v) is 12.1. The first-order valence-electron chi connectivity index (χ1n) is 12.1. The highest BCUT2D eigenvalue weighted by molar-refractivity contribution is 5.95. The zero-order valence-corrected chi connectivity index (χ0v) is 20.2. The molecule has 2 N–H and O–H groups in total. The molecule has 1 amide bonds. The van der Waals surface area contributed by atoms with Gasteiger partial charge >= 0.3 is 0 Å². The molecule has 2 aliphatic rings. The molecule has 5 nitrogen and oxygen atoms in total. The van der Waals surface area contributed by atoms with E-state index >= 15 is 0 Å². The Morgan fingerprint density at radius 1 is 1.03 bits per heavy atom. The van der Waals surface area contributed by atoms with Crippen molar-refractivity contribution in [1.29, 1.82) is 5.26 Å². The smallest absolute Gasteiger partial charge is 0.251 e. The number of ether oxygens (including phenoxy) is 1. The van der Waals surface area contributed by atoms with Crippen LogP contribution in [0.4, 0.5) is 0 Å². The van der Waals surface area contributed by atoms with Crippen molar-refractivity contribution in [2.75, 3.05) is 0 Å². The molecule has 0 bridgehead atoms. The van der Waals surface area contributed by atoms with E-state index in [0.29, 0.717) is 22.8 Å². The molecule has 2 aromatic rings. The Kier molecular flexibility index (Phi) is 6.50. The van der Waals surface area contributed by atoms with Crippen LogP contribution in [0.5, 0.6) is 11.5 Å². The molecular weight excluding hydrogens is 410 g/mol. The topological polar surface area (TPSA) is 74.1 Å². The van der Waals surface area contributed by atoms with E-state index in [0.717, 1.165) is 37.0 Å². The summed E-state index contributed by atoms with van der Waals surface area (Å²) in [6.45, 7) is 8.76. The van der Waals surface area contributed by atoms with Gasteiger partial charge in [-0.25, -0.2) is 0 Å². The van der Waals surface area contributed by atoms with E-state index in [1.165, 1.54) is 12.8 Å². The second-order valence-electron chi connectivity index (χ2n) is 10.9. The van der Waals surface area contributed by atoms with Crippen molar-refractivity contribution in [2.45, 2.75) is 89.3 Å². The van der Waals surface area contributed by atoms with E-state index in [-0.39, 0.29) is 23.0 Å². The van der Waals surface area contributed by atoms with Gasteiger partial charge in [0.2, 0.25) is 0 Å². The van der Waals surface area contributed by atoms with E-state index < -0.39 is 0 Å². The molecule has 0 atom stereocenters. The second kappa shape index (κ2) is 9.19. The molecule has 5 heteroatoms. The Morgan fingerprint density at radius 3 is 2.36 bits per heavy atom. The lowest BCUT2D eigenvalue weighted by Gasteiger charge is -2.46. The SMILES string of the molecule is CC1(C)CC(NC(=O)c2ccc(Oc3ccccc3C#N)c(C3CCCC3)c2)CC(C)(C)N1. The van der Waals surface area contributed by atoms with E-state index in [1.54, 1.807) is 6.07 Å². The van der Waals surface area contributed by atoms with Gasteiger partial charge in [0.25, 0.3) is 5.91 Å². The lowest BCUT2D eigenvalue weighted by Crippen LogP contribution is -2.62. The fraction of sp³-hybridized carbons (Fsp3) is 0.500. The third-order valence-corrected chi connectivity index (χ3v) is 6.82. The molecule has 174 valence electrons. The van der Waals surface area contributed by atoms with Crippen LogP contribution in [0.25, 0.3) is 0 Å². The van der Waals surface area contributed by atoms with Crippen LogP contribution in [0, 0.1) is 11.3 Å². The van der Waals surface area contributed by atoms with Crippen LogP contribution in [0.1, 0.15) is 93.6 Å². The van der Waals surface area contributed by atoms with Crippen LogP contribution < -0.4 is 15.4 Å². The summed E-state index contributed by atoms with van der Waals surface area (Å²) in [6.07, 6.45) is 6.35. The minimum atomic E-state index is -0.0308. The van der Waals surface area contributed by atoms with Gasteiger partial charge in [0, 0.05) is 22.7 Å². The van der Waals surface area contributed by atoms with Gasteiger partial charge in [0.1, 0.15) is 17.6 Å². The number of para-hydroxylation sites is 1. The van der Waals surface area contributed by atoms with Crippen LogP contribution in [0.3, 0.4) is 0 Å². The quantitative estimate of drug-likeness (QED) is 0.588. The highest BCUT2D eigenvalue weighted by Gasteiger charge is 2.38. The van der Waals surface area contributed by atoms with Crippen LogP contribution in [-0.2, 0) is 0 Å². The van der Waals surface area contributed by atoms with Crippen LogP contribution in [0.2, 0.25) is 0 Å². The number of benzene rings is 2. The third-order valence-electron chi connectivity index (χ3n) is 6.82. The fourth-order valence-corrected chi connectivity index (χ4v) is 5.80. The van der Waals surface area contributed by atoms with Crippen molar-refractivity contribution in [1.82, 2.24) is 10.6 Å². The number of piperidine rings is 1. The van der Waals surface area contributed by atoms with Gasteiger partial charge in [-0.2, -0.15) is 5.26 Å². The minimum Gasteiger partial charge on any atom is -0.456 e. The van der Waals surface area contributed by atoms with Gasteiger partial charge in [-0.3, -0.25) is 4.79 Å². The molecule has 0 unspecified atom stereocenters. The summed E-state index contributed by atoms with van der Waals surface area (Å²) in [5, 5.41) is 16.4. The number of amides is 1. The lowest BCUT2D eigenvalue weighted by molar-refractivity contribution is 0.0873. The third kappa shape index (κ3) is 5.57. The molecule has 1 saturated heterocycles. The van der Waals surface area contributed by atoms with E-state index in [1.807, 2.05) is 36.4 Å². The van der Waals surface area contributed by atoms with Gasteiger partial charge in [-0.1, -0.05) is 25.0 Å². The predicted molar refractivity (Wildman–Crippen MR) is 131 cm³/mol. The summed E-state index contributed by atoms with van der Waals surface area (Å²) in [4.78, 5) is 13.3. The zero-order chi connectivity index (χ0) is 23.6. The number of carbonyl (C=O) groups is 1. The molecule has 2 aromatic carbocycles. The molecule has 0 aromatic heterocycles. The number of nitriles is 1. The van der Waals surface area contributed by atoms with Crippen LogP contribution in [-0.4, -0.2) is 23.0 Å². The number of nitrogens with one attached hydrogen (secondary N) is 2. The van der Waals surface area contributed by atoms with Crippen LogP contribution >= 0.6 is 0 Å². The number of hydrogen-bond acceptors (Lipinski definition) is 4. The van der Waals surface area contributed by atoms with Crippen molar-refractivity contribution in [3.8, 4) is 17.6 Å². The highest BCUT2D eigenvalue weighted by Crippen LogP contribution is 2.41. The van der Waals surface area contributed by atoms with Gasteiger partial charge < -0.3 is 15.4 Å². The first-order chi connectivity index (χ1) is 15.7. The number of rotatable bonds is 5. The number of nitrogens with zero attached hydrogens (tertiary/aromatic N) is 1. The predicted octanol–water partition coefficient (Wildman–Crippen LogP) is 6.05. The summed E-state index contributed by atoms with van der Waals surface area (Å²) in [5.74, 6) is 1.64. The monoisotopic (exact) mass is 445 g/mol. The Labute approximate surface area is 197 Å². The number of carbonyl (C=O) groups excluding carboxylic acids is 1. The Morgan fingerprint density at radius 2 is 1.70 bits per heavy atom. The zero-order valence-electron chi connectivity index (χ0n) is 20.2. The summed E-state index contributed by atoms with van der Waals surface area (Å²) in [5.41, 5.74) is 2.19. The molecule has 2 fully saturated rings. The maximum Gasteiger partial charge on any atom is 0.251 e. The van der Waals surface area contributed by atoms with E-state index in [2.05, 4.69) is 44.4 Å². The van der Waals surface area contributed by atoms with Crippen molar-refractivity contribution >= 4 is 5.91 Å². The molecule has 1 heterocycles. The molecule has 0 spiro atoms. The Balaban J connectivity index is 1.59.